The summed E-state index contributed by atoms with van der Waals surface area (Å²) >= 11 is 0. The van der Waals surface area contributed by atoms with Crippen LogP contribution in [0.15, 0.2) is 18.2 Å². The molecule has 1 fully saturated rings. The molecule has 2 aliphatic rings. The smallest absolute Gasteiger partial charge is 0.273 e. The molecule has 2 aliphatic heterocycles. The summed E-state index contributed by atoms with van der Waals surface area (Å²) < 4.78 is 7.35. The first-order valence-electron chi connectivity index (χ1n) is 10.7. The zero-order valence-corrected chi connectivity index (χ0v) is 17.6. The highest BCUT2D eigenvalue weighted by molar-refractivity contribution is 5.93. The number of fused-ring (bicyclic) bond motifs is 1. The fourth-order valence-electron chi connectivity index (χ4n) is 4.33. The highest BCUT2D eigenvalue weighted by atomic mass is 16.5. The Kier molecular flexibility index (Phi) is 5.96. The van der Waals surface area contributed by atoms with Gasteiger partial charge in [-0.25, -0.2) is 4.68 Å². The Balaban J connectivity index is 1.57. The molecule has 0 saturated carbocycles. The van der Waals surface area contributed by atoms with Crippen LogP contribution in [-0.4, -0.2) is 57.6 Å². The summed E-state index contributed by atoms with van der Waals surface area (Å²) in [4.78, 5) is 15.1. The molecule has 7 heteroatoms. The van der Waals surface area contributed by atoms with Gasteiger partial charge in [0, 0.05) is 38.4 Å². The van der Waals surface area contributed by atoms with E-state index in [-0.39, 0.29) is 11.9 Å². The number of amides is 1. The van der Waals surface area contributed by atoms with E-state index in [4.69, 9.17) is 4.74 Å². The molecule has 1 saturated heterocycles. The Labute approximate surface area is 172 Å². The predicted octanol–water partition coefficient (Wildman–Crippen LogP) is 2.64. The maximum atomic E-state index is 12.5. The zero-order chi connectivity index (χ0) is 20.4. The summed E-state index contributed by atoms with van der Waals surface area (Å²) in [5.74, 6) is -0.154. The highest BCUT2D eigenvalue weighted by Crippen LogP contribution is 2.29. The number of benzene rings is 1. The van der Waals surface area contributed by atoms with Crippen molar-refractivity contribution in [2.45, 2.75) is 65.1 Å². The summed E-state index contributed by atoms with van der Waals surface area (Å²) in [5, 5.41) is 11.5. The minimum atomic E-state index is -0.154. The first kappa shape index (κ1) is 20.0. The second kappa shape index (κ2) is 8.63. The number of carbonyl (C=O) groups is 1. The van der Waals surface area contributed by atoms with Crippen LogP contribution in [0, 0.1) is 6.92 Å². The van der Waals surface area contributed by atoms with E-state index in [0.717, 1.165) is 63.4 Å². The zero-order valence-electron chi connectivity index (χ0n) is 17.6. The third-order valence-corrected chi connectivity index (χ3v) is 6.31. The van der Waals surface area contributed by atoms with Gasteiger partial charge in [-0.1, -0.05) is 24.3 Å². The largest absolute Gasteiger partial charge is 0.381 e. The Morgan fingerprint density at radius 3 is 2.90 bits per heavy atom. The van der Waals surface area contributed by atoms with Crippen LogP contribution in [0.4, 0.5) is 0 Å². The van der Waals surface area contributed by atoms with E-state index in [1.165, 1.54) is 11.1 Å². The first-order chi connectivity index (χ1) is 14.1. The van der Waals surface area contributed by atoms with Crippen molar-refractivity contribution in [1.82, 2.24) is 25.2 Å². The van der Waals surface area contributed by atoms with Crippen molar-refractivity contribution in [3.8, 4) is 5.69 Å². The maximum Gasteiger partial charge on any atom is 0.273 e. The van der Waals surface area contributed by atoms with Gasteiger partial charge in [0.1, 0.15) is 0 Å². The minimum Gasteiger partial charge on any atom is -0.381 e. The number of hydrogen-bond donors (Lipinski definition) is 1. The molecule has 0 spiro atoms. The molecule has 29 heavy (non-hydrogen) atoms. The van der Waals surface area contributed by atoms with E-state index in [1.807, 2.05) is 18.5 Å². The number of nitrogens with zero attached hydrogens (tertiary/aromatic N) is 4. The van der Waals surface area contributed by atoms with Gasteiger partial charge in [0.15, 0.2) is 5.69 Å². The second-order valence-corrected chi connectivity index (χ2v) is 8.20. The molecule has 0 bridgehead atoms. The standard InChI is InChI=1S/C22H31N5O2/c1-4-15(2)23-22(28)21-16(3)27(25-24-21)20-7-5-6-17-14-26(11-8-19(17)20)18-9-12-29-13-10-18/h5-7,15,18H,4,8-14H2,1-3H3,(H,23,28). The van der Waals surface area contributed by atoms with Crippen LogP contribution >= 0.6 is 0 Å². The van der Waals surface area contributed by atoms with Crippen LogP contribution in [0.2, 0.25) is 0 Å². The van der Waals surface area contributed by atoms with Crippen molar-refractivity contribution in [2.75, 3.05) is 19.8 Å². The monoisotopic (exact) mass is 397 g/mol. The van der Waals surface area contributed by atoms with Crippen molar-refractivity contribution < 1.29 is 9.53 Å². The molecule has 1 atom stereocenters. The average Bonchev–Trinajstić information content (AvgIpc) is 3.14. The number of hydrogen-bond acceptors (Lipinski definition) is 5. The number of aromatic nitrogens is 3. The summed E-state index contributed by atoms with van der Waals surface area (Å²) in [6, 6.07) is 7.12. The summed E-state index contributed by atoms with van der Waals surface area (Å²) in [6.45, 7) is 9.71. The lowest BCUT2D eigenvalue weighted by Gasteiger charge is -2.38. The molecule has 7 nitrogen and oxygen atoms in total. The van der Waals surface area contributed by atoms with Crippen LogP contribution in [0.3, 0.4) is 0 Å². The molecule has 0 aliphatic carbocycles. The number of nitrogens with one attached hydrogen (secondary N) is 1. The maximum absolute atomic E-state index is 12.5. The second-order valence-electron chi connectivity index (χ2n) is 8.20. The molecule has 1 unspecified atom stereocenters. The van der Waals surface area contributed by atoms with Crippen LogP contribution in [0.25, 0.3) is 5.69 Å². The number of ether oxygens (including phenoxy) is 1. The van der Waals surface area contributed by atoms with E-state index in [2.05, 4.69) is 45.7 Å². The quantitative estimate of drug-likeness (QED) is 0.840. The summed E-state index contributed by atoms with van der Waals surface area (Å²) in [6.07, 6.45) is 4.10. The van der Waals surface area contributed by atoms with E-state index in [1.54, 1.807) is 0 Å². The third-order valence-electron chi connectivity index (χ3n) is 6.31. The van der Waals surface area contributed by atoms with Crippen molar-refractivity contribution in [3.05, 3.63) is 40.7 Å². The lowest BCUT2D eigenvalue weighted by molar-refractivity contribution is 0.0290. The molecule has 4 rings (SSSR count). The summed E-state index contributed by atoms with van der Waals surface area (Å²) in [7, 11) is 0. The van der Waals surface area contributed by atoms with Gasteiger partial charge in [0.05, 0.1) is 11.4 Å². The van der Waals surface area contributed by atoms with E-state index < -0.39 is 0 Å². The van der Waals surface area contributed by atoms with Crippen LogP contribution in [-0.2, 0) is 17.7 Å². The lowest BCUT2D eigenvalue weighted by Crippen LogP contribution is -2.42. The van der Waals surface area contributed by atoms with Crippen molar-refractivity contribution in [2.24, 2.45) is 0 Å². The first-order valence-corrected chi connectivity index (χ1v) is 10.7. The number of rotatable bonds is 5. The van der Waals surface area contributed by atoms with Gasteiger partial charge in [-0.05, 0) is 56.7 Å². The number of carbonyl (C=O) groups excluding carboxylic acids is 1. The topological polar surface area (TPSA) is 72.3 Å². The lowest BCUT2D eigenvalue weighted by atomic mass is 9.95. The fourth-order valence-corrected chi connectivity index (χ4v) is 4.33. The predicted molar refractivity (Wildman–Crippen MR) is 111 cm³/mol. The van der Waals surface area contributed by atoms with E-state index >= 15 is 0 Å². The van der Waals surface area contributed by atoms with Crippen molar-refractivity contribution in [1.29, 1.82) is 0 Å². The fraction of sp³-hybridized carbons (Fsp3) is 0.591. The molecule has 1 N–H and O–H groups in total. The Morgan fingerprint density at radius 1 is 1.34 bits per heavy atom. The van der Waals surface area contributed by atoms with Crippen molar-refractivity contribution in [3.63, 3.8) is 0 Å². The molecule has 0 radical (unpaired) electrons. The minimum absolute atomic E-state index is 0.118. The molecule has 1 amide bonds. The van der Waals surface area contributed by atoms with Gasteiger partial charge in [-0.3, -0.25) is 9.69 Å². The molecule has 1 aromatic heterocycles. The van der Waals surface area contributed by atoms with Crippen LogP contribution in [0.1, 0.15) is 60.4 Å². The Hall–Kier alpha value is -2.25. The summed E-state index contributed by atoms with van der Waals surface area (Å²) in [5.41, 5.74) is 4.90. The third kappa shape index (κ3) is 4.07. The van der Waals surface area contributed by atoms with Gasteiger partial charge < -0.3 is 10.1 Å². The highest BCUT2D eigenvalue weighted by Gasteiger charge is 2.27. The SMILES string of the molecule is CCC(C)NC(=O)c1nnn(-c2cccc3c2CCN(C2CCOCC2)C3)c1C. The molecular formula is C22H31N5O2. The molecule has 3 heterocycles. The Morgan fingerprint density at radius 2 is 2.14 bits per heavy atom. The normalized spacial score (nSPS) is 19.0. The molecule has 2 aromatic rings. The average molecular weight is 398 g/mol. The van der Waals surface area contributed by atoms with Gasteiger partial charge in [-0.2, -0.15) is 0 Å². The van der Waals surface area contributed by atoms with Crippen LogP contribution < -0.4 is 5.32 Å². The van der Waals surface area contributed by atoms with Crippen LogP contribution in [0.5, 0.6) is 0 Å². The van der Waals surface area contributed by atoms with Gasteiger partial charge >= 0.3 is 0 Å². The van der Waals surface area contributed by atoms with Gasteiger partial charge in [0.2, 0.25) is 0 Å². The van der Waals surface area contributed by atoms with Gasteiger partial charge in [-0.15, -0.1) is 5.10 Å². The van der Waals surface area contributed by atoms with Crippen molar-refractivity contribution >= 4 is 5.91 Å². The van der Waals surface area contributed by atoms with E-state index in [0.29, 0.717) is 11.7 Å². The molecular weight excluding hydrogens is 366 g/mol. The Bertz CT molecular complexity index is 872. The van der Waals surface area contributed by atoms with Gasteiger partial charge in [0.25, 0.3) is 5.91 Å². The molecule has 156 valence electrons. The van der Waals surface area contributed by atoms with E-state index in [9.17, 15) is 4.79 Å². The molecule has 1 aromatic carbocycles.